The second-order valence-corrected chi connectivity index (χ2v) is 7.98. The smallest absolute Gasteiger partial charge is 0.239 e. The van der Waals surface area contributed by atoms with Crippen molar-refractivity contribution in [2.24, 2.45) is 4.99 Å². The van der Waals surface area contributed by atoms with Gasteiger partial charge in [0.2, 0.25) is 5.91 Å². The van der Waals surface area contributed by atoms with E-state index in [1.165, 1.54) is 0 Å². The number of nitrogens with one attached hydrogen (secondary N) is 1. The average molecular weight is 382 g/mol. The minimum absolute atomic E-state index is 0.00919. The lowest BCUT2D eigenvalue weighted by molar-refractivity contribution is -0.135. The van der Waals surface area contributed by atoms with E-state index < -0.39 is 0 Å². The van der Waals surface area contributed by atoms with Crippen LogP contribution in [0, 0.1) is 0 Å². The highest BCUT2D eigenvalue weighted by Crippen LogP contribution is 2.14. The molecule has 0 bridgehead atoms. The summed E-state index contributed by atoms with van der Waals surface area (Å²) in [5.41, 5.74) is 0. The number of carbonyl (C=O) groups excluding carboxylic acids is 1. The zero-order valence-electron chi connectivity index (χ0n) is 16.5. The van der Waals surface area contributed by atoms with Crippen molar-refractivity contribution in [1.29, 1.82) is 0 Å². The number of guanidine groups is 1. The van der Waals surface area contributed by atoms with Crippen LogP contribution < -0.4 is 5.32 Å². The van der Waals surface area contributed by atoms with Gasteiger partial charge in [0.1, 0.15) is 0 Å². The zero-order chi connectivity index (χ0) is 18.8. The molecule has 2 heterocycles. The Hall–Kier alpha value is -1.21. The third-order valence-electron chi connectivity index (χ3n) is 5.00. The number of hydrogen-bond acceptors (Lipinski definition) is 4. The molecular weight excluding hydrogens is 346 g/mol. The summed E-state index contributed by atoms with van der Waals surface area (Å²) in [5.74, 6) is 3.30. The van der Waals surface area contributed by atoms with E-state index in [4.69, 9.17) is 4.99 Å². The summed E-state index contributed by atoms with van der Waals surface area (Å²) in [6.45, 7) is 15.2. The third kappa shape index (κ3) is 6.20. The van der Waals surface area contributed by atoms with E-state index in [2.05, 4.69) is 35.5 Å². The fourth-order valence-corrected chi connectivity index (χ4v) is 4.04. The number of aliphatic imine (C=N–C) groups is 1. The molecule has 0 aromatic heterocycles. The molecule has 0 radical (unpaired) electrons. The summed E-state index contributed by atoms with van der Waals surface area (Å²) < 4.78 is 0. The molecule has 1 amide bonds. The Morgan fingerprint density at radius 3 is 2.50 bits per heavy atom. The van der Waals surface area contributed by atoms with Gasteiger partial charge < -0.3 is 15.1 Å². The van der Waals surface area contributed by atoms with Crippen LogP contribution in [0.3, 0.4) is 0 Å². The first kappa shape index (κ1) is 21.1. The van der Waals surface area contributed by atoms with Crippen LogP contribution in [0.1, 0.15) is 26.7 Å². The van der Waals surface area contributed by atoms with E-state index >= 15 is 0 Å². The highest BCUT2D eigenvalue weighted by molar-refractivity contribution is 7.99. The molecule has 2 aliphatic heterocycles. The van der Waals surface area contributed by atoms with Crippen molar-refractivity contribution in [3.05, 3.63) is 12.7 Å². The summed E-state index contributed by atoms with van der Waals surface area (Å²) in [5, 5.41) is 3.41. The van der Waals surface area contributed by atoms with Gasteiger partial charge in [0.05, 0.1) is 12.6 Å². The molecule has 2 rings (SSSR count). The van der Waals surface area contributed by atoms with Crippen LogP contribution in [0.25, 0.3) is 0 Å². The van der Waals surface area contributed by atoms with Gasteiger partial charge in [0.25, 0.3) is 0 Å². The Kier molecular flexibility index (Phi) is 9.32. The van der Waals surface area contributed by atoms with Crippen molar-refractivity contribution in [3.63, 3.8) is 0 Å². The van der Waals surface area contributed by atoms with Gasteiger partial charge in [-0.3, -0.25) is 14.7 Å². The SMILES string of the molecule is C=CCSCCN=C(NCC)N1CCN(C(C)C(=O)N2CCCC2)CC1. The molecule has 0 aromatic carbocycles. The van der Waals surface area contributed by atoms with E-state index in [0.29, 0.717) is 5.91 Å². The number of carbonyl (C=O) groups is 1. The Labute approximate surface area is 163 Å². The zero-order valence-corrected chi connectivity index (χ0v) is 17.3. The van der Waals surface area contributed by atoms with Gasteiger partial charge in [-0.2, -0.15) is 11.8 Å². The van der Waals surface area contributed by atoms with Gasteiger partial charge >= 0.3 is 0 Å². The Morgan fingerprint density at radius 1 is 1.19 bits per heavy atom. The van der Waals surface area contributed by atoms with Gasteiger partial charge in [-0.1, -0.05) is 6.08 Å². The largest absolute Gasteiger partial charge is 0.357 e. The molecule has 0 spiro atoms. The normalized spacial score (nSPS) is 20.3. The summed E-state index contributed by atoms with van der Waals surface area (Å²) in [7, 11) is 0. The lowest BCUT2D eigenvalue weighted by Gasteiger charge is -2.39. The number of amides is 1. The number of hydrogen-bond donors (Lipinski definition) is 1. The van der Waals surface area contributed by atoms with Crippen molar-refractivity contribution in [2.45, 2.75) is 32.7 Å². The Morgan fingerprint density at radius 2 is 1.88 bits per heavy atom. The maximum Gasteiger partial charge on any atom is 0.239 e. The van der Waals surface area contributed by atoms with Gasteiger partial charge in [0, 0.05) is 57.3 Å². The van der Waals surface area contributed by atoms with E-state index in [9.17, 15) is 4.79 Å². The summed E-state index contributed by atoms with van der Waals surface area (Å²) in [6.07, 6.45) is 4.24. The number of rotatable bonds is 8. The van der Waals surface area contributed by atoms with Crippen LogP contribution in [-0.4, -0.2) is 96.5 Å². The molecule has 2 aliphatic rings. The molecule has 26 heavy (non-hydrogen) atoms. The van der Waals surface area contributed by atoms with Crippen molar-refractivity contribution in [3.8, 4) is 0 Å². The quantitative estimate of drug-likeness (QED) is 0.299. The number of likely N-dealkylation sites (tertiary alicyclic amines) is 1. The molecule has 0 saturated carbocycles. The minimum atomic E-state index is -0.00919. The molecule has 6 nitrogen and oxygen atoms in total. The summed E-state index contributed by atoms with van der Waals surface area (Å²) in [6, 6.07) is -0.00919. The maximum absolute atomic E-state index is 12.6. The molecule has 1 N–H and O–H groups in total. The second-order valence-electron chi connectivity index (χ2n) is 6.83. The first-order valence-electron chi connectivity index (χ1n) is 9.92. The molecule has 148 valence electrons. The maximum atomic E-state index is 12.6. The number of thioether (sulfide) groups is 1. The number of piperazine rings is 1. The molecule has 0 aromatic rings. The Bertz CT molecular complexity index is 471. The fraction of sp³-hybridized carbons (Fsp3) is 0.789. The molecule has 2 saturated heterocycles. The van der Waals surface area contributed by atoms with E-state index in [0.717, 1.165) is 82.7 Å². The van der Waals surface area contributed by atoms with Crippen molar-refractivity contribution < 1.29 is 4.79 Å². The first-order chi connectivity index (χ1) is 12.7. The van der Waals surface area contributed by atoms with E-state index in [1.807, 2.05) is 22.7 Å². The van der Waals surface area contributed by atoms with Crippen molar-refractivity contribution >= 4 is 23.6 Å². The van der Waals surface area contributed by atoms with Gasteiger partial charge in [0.15, 0.2) is 5.96 Å². The van der Waals surface area contributed by atoms with Gasteiger partial charge in [-0.15, -0.1) is 6.58 Å². The average Bonchev–Trinajstić information content (AvgIpc) is 3.21. The highest BCUT2D eigenvalue weighted by atomic mass is 32.2. The molecule has 1 atom stereocenters. The van der Waals surface area contributed by atoms with E-state index in [1.54, 1.807) is 0 Å². The van der Waals surface area contributed by atoms with E-state index in [-0.39, 0.29) is 6.04 Å². The Balaban J connectivity index is 1.81. The van der Waals surface area contributed by atoms with Crippen molar-refractivity contribution in [1.82, 2.24) is 20.0 Å². The second kappa shape index (κ2) is 11.5. The molecule has 2 fully saturated rings. The van der Waals surface area contributed by atoms with Crippen LogP contribution in [0.4, 0.5) is 0 Å². The predicted octanol–water partition coefficient (Wildman–Crippen LogP) is 1.50. The van der Waals surface area contributed by atoms with Gasteiger partial charge in [-0.25, -0.2) is 0 Å². The van der Waals surface area contributed by atoms with Crippen molar-refractivity contribution in [2.75, 3.05) is 63.9 Å². The van der Waals surface area contributed by atoms with Crippen LogP contribution in [0.5, 0.6) is 0 Å². The molecule has 0 aliphatic carbocycles. The van der Waals surface area contributed by atoms with Crippen LogP contribution >= 0.6 is 11.8 Å². The fourth-order valence-electron chi connectivity index (χ4n) is 3.49. The highest BCUT2D eigenvalue weighted by Gasteiger charge is 2.30. The van der Waals surface area contributed by atoms with Crippen LogP contribution in [-0.2, 0) is 4.79 Å². The monoisotopic (exact) mass is 381 g/mol. The first-order valence-corrected chi connectivity index (χ1v) is 11.1. The summed E-state index contributed by atoms with van der Waals surface area (Å²) >= 11 is 1.86. The molecular formula is C19H35N5OS. The molecule has 7 heteroatoms. The van der Waals surface area contributed by atoms with Crippen LogP contribution in [0.2, 0.25) is 0 Å². The van der Waals surface area contributed by atoms with Crippen LogP contribution in [0.15, 0.2) is 17.6 Å². The summed E-state index contributed by atoms with van der Waals surface area (Å²) in [4.78, 5) is 24.1. The third-order valence-corrected chi connectivity index (χ3v) is 5.95. The minimum Gasteiger partial charge on any atom is -0.357 e. The lowest BCUT2D eigenvalue weighted by Crippen LogP contribution is -2.57. The predicted molar refractivity (Wildman–Crippen MR) is 112 cm³/mol. The number of nitrogens with zero attached hydrogens (tertiary/aromatic N) is 4. The lowest BCUT2D eigenvalue weighted by atomic mass is 10.2. The standard InChI is InChI=1S/C19H35N5OS/c1-4-15-26-16-8-21-19(20-5-2)24-13-11-22(12-14-24)17(3)18(25)23-9-6-7-10-23/h4,17H,1,5-16H2,2-3H3,(H,20,21). The molecule has 1 unspecified atom stereocenters. The topological polar surface area (TPSA) is 51.2 Å². The van der Waals surface area contributed by atoms with Gasteiger partial charge in [-0.05, 0) is 26.7 Å².